The molecular formula is C12H22N2. The molecule has 1 aliphatic carbocycles. The zero-order valence-electron chi connectivity index (χ0n) is 9.26. The maximum atomic E-state index is 3.54. The predicted octanol–water partition coefficient (Wildman–Crippen LogP) is 1.33. The lowest BCUT2D eigenvalue weighted by Gasteiger charge is -2.30. The fourth-order valence-electron chi connectivity index (χ4n) is 3.73. The Bertz CT molecular complexity index is 212. The SMILES string of the molecule is CN1CCC(C2CC23CCNC3)CC1. The summed E-state index contributed by atoms with van der Waals surface area (Å²) in [6, 6.07) is 0. The molecule has 2 heterocycles. The largest absolute Gasteiger partial charge is 0.316 e. The molecule has 14 heavy (non-hydrogen) atoms. The Hall–Kier alpha value is -0.0800. The molecular weight excluding hydrogens is 172 g/mol. The van der Waals surface area contributed by atoms with E-state index in [0.717, 1.165) is 17.3 Å². The van der Waals surface area contributed by atoms with Gasteiger partial charge >= 0.3 is 0 Å². The van der Waals surface area contributed by atoms with Gasteiger partial charge in [0.1, 0.15) is 0 Å². The quantitative estimate of drug-likeness (QED) is 0.677. The van der Waals surface area contributed by atoms with Gasteiger partial charge in [0.25, 0.3) is 0 Å². The number of nitrogens with zero attached hydrogens (tertiary/aromatic N) is 1. The highest BCUT2D eigenvalue weighted by atomic mass is 15.1. The average Bonchev–Trinajstić information content (AvgIpc) is 2.68. The highest BCUT2D eigenvalue weighted by Crippen LogP contribution is 2.61. The van der Waals surface area contributed by atoms with Crippen molar-refractivity contribution in [1.82, 2.24) is 10.2 Å². The highest BCUT2D eigenvalue weighted by molar-refractivity contribution is 5.09. The molecule has 3 aliphatic rings. The van der Waals surface area contributed by atoms with Crippen LogP contribution < -0.4 is 5.32 Å². The smallest absolute Gasteiger partial charge is 0.00112 e. The maximum Gasteiger partial charge on any atom is 0.00112 e. The standard InChI is InChI=1S/C12H22N2/c1-14-6-2-10(3-7-14)11-8-12(11)4-5-13-9-12/h10-11,13H,2-9H2,1H3. The van der Waals surface area contributed by atoms with E-state index < -0.39 is 0 Å². The van der Waals surface area contributed by atoms with E-state index in [4.69, 9.17) is 0 Å². The minimum atomic E-state index is 0.778. The first-order valence-electron chi connectivity index (χ1n) is 6.19. The number of hydrogen-bond donors (Lipinski definition) is 1. The van der Waals surface area contributed by atoms with Crippen molar-refractivity contribution in [3.8, 4) is 0 Å². The highest BCUT2D eigenvalue weighted by Gasteiger charge is 2.57. The molecule has 2 heteroatoms. The van der Waals surface area contributed by atoms with E-state index in [1.165, 1.54) is 51.9 Å². The molecule has 0 radical (unpaired) electrons. The van der Waals surface area contributed by atoms with Gasteiger partial charge in [-0.3, -0.25) is 0 Å². The van der Waals surface area contributed by atoms with Crippen molar-refractivity contribution >= 4 is 0 Å². The zero-order valence-corrected chi connectivity index (χ0v) is 9.26. The summed E-state index contributed by atoms with van der Waals surface area (Å²) >= 11 is 0. The number of rotatable bonds is 1. The van der Waals surface area contributed by atoms with Gasteiger partial charge in [0.15, 0.2) is 0 Å². The third-order valence-corrected chi connectivity index (χ3v) is 4.86. The summed E-state index contributed by atoms with van der Waals surface area (Å²) < 4.78 is 0. The number of hydrogen-bond acceptors (Lipinski definition) is 2. The minimum Gasteiger partial charge on any atom is -0.316 e. The average molecular weight is 194 g/mol. The molecule has 2 aliphatic heterocycles. The molecule has 0 aromatic carbocycles. The van der Waals surface area contributed by atoms with Crippen LogP contribution in [0.1, 0.15) is 25.7 Å². The molecule has 80 valence electrons. The van der Waals surface area contributed by atoms with Crippen LogP contribution in [-0.4, -0.2) is 38.1 Å². The van der Waals surface area contributed by atoms with Gasteiger partial charge in [0.2, 0.25) is 0 Å². The Balaban J connectivity index is 1.58. The monoisotopic (exact) mass is 194 g/mol. The molecule has 1 saturated carbocycles. The van der Waals surface area contributed by atoms with Crippen LogP contribution in [0.15, 0.2) is 0 Å². The van der Waals surface area contributed by atoms with E-state index in [-0.39, 0.29) is 0 Å². The first kappa shape index (κ1) is 9.17. The second-order valence-corrected chi connectivity index (χ2v) is 5.74. The molecule has 2 saturated heterocycles. The fourth-order valence-corrected chi connectivity index (χ4v) is 3.73. The maximum absolute atomic E-state index is 3.54. The lowest BCUT2D eigenvalue weighted by Crippen LogP contribution is -2.32. The molecule has 3 rings (SSSR count). The molecule has 2 unspecified atom stereocenters. The number of nitrogens with one attached hydrogen (secondary N) is 1. The Morgan fingerprint density at radius 2 is 2.07 bits per heavy atom. The van der Waals surface area contributed by atoms with Gasteiger partial charge in [0, 0.05) is 6.54 Å². The summed E-state index contributed by atoms with van der Waals surface area (Å²) in [5.74, 6) is 2.15. The van der Waals surface area contributed by atoms with Crippen molar-refractivity contribution < 1.29 is 0 Å². The Kier molecular flexibility index (Phi) is 2.10. The second-order valence-electron chi connectivity index (χ2n) is 5.74. The molecule has 0 bridgehead atoms. The molecule has 2 nitrogen and oxygen atoms in total. The van der Waals surface area contributed by atoms with Crippen LogP contribution in [0.4, 0.5) is 0 Å². The van der Waals surface area contributed by atoms with E-state index in [2.05, 4.69) is 17.3 Å². The molecule has 3 fully saturated rings. The summed E-state index contributed by atoms with van der Waals surface area (Å²) in [7, 11) is 2.26. The van der Waals surface area contributed by atoms with Crippen LogP contribution in [0, 0.1) is 17.3 Å². The van der Waals surface area contributed by atoms with Gasteiger partial charge in [-0.1, -0.05) is 0 Å². The minimum absolute atomic E-state index is 0.778. The fraction of sp³-hybridized carbons (Fsp3) is 1.00. The van der Waals surface area contributed by atoms with E-state index >= 15 is 0 Å². The van der Waals surface area contributed by atoms with Crippen molar-refractivity contribution in [1.29, 1.82) is 0 Å². The van der Waals surface area contributed by atoms with Crippen molar-refractivity contribution in [2.45, 2.75) is 25.7 Å². The third kappa shape index (κ3) is 1.40. The van der Waals surface area contributed by atoms with Crippen LogP contribution in [0.25, 0.3) is 0 Å². The summed E-state index contributed by atoms with van der Waals surface area (Å²) in [6.45, 7) is 5.28. The van der Waals surface area contributed by atoms with Crippen LogP contribution in [0.3, 0.4) is 0 Å². The molecule has 0 amide bonds. The molecule has 2 atom stereocenters. The van der Waals surface area contributed by atoms with Crippen molar-refractivity contribution in [3.63, 3.8) is 0 Å². The summed E-state index contributed by atoms with van der Waals surface area (Å²) in [6.07, 6.45) is 5.92. The Morgan fingerprint density at radius 3 is 2.71 bits per heavy atom. The van der Waals surface area contributed by atoms with Crippen LogP contribution in [0.5, 0.6) is 0 Å². The van der Waals surface area contributed by atoms with Crippen LogP contribution >= 0.6 is 0 Å². The summed E-state index contributed by atoms with van der Waals surface area (Å²) in [5, 5.41) is 3.54. The van der Waals surface area contributed by atoms with E-state index in [0.29, 0.717) is 0 Å². The zero-order chi connectivity index (χ0) is 9.60. The van der Waals surface area contributed by atoms with Gasteiger partial charge in [-0.25, -0.2) is 0 Å². The van der Waals surface area contributed by atoms with Crippen molar-refractivity contribution in [3.05, 3.63) is 0 Å². The topological polar surface area (TPSA) is 15.3 Å². The molecule has 0 aromatic heterocycles. The van der Waals surface area contributed by atoms with Gasteiger partial charge < -0.3 is 10.2 Å². The first-order valence-corrected chi connectivity index (χ1v) is 6.19. The second kappa shape index (κ2) is 3.21. The summed E-state index contributed by atoms with van der Waals surface area (Å²) in [4.78, 5) is 2.48. The normalized spacial score (nSPS) is 44.8. The van der Waals surface area contributed by atoms with Crippen LogP contribution in [-0.2, 0) is 0 Å². The lowest BCUT2D eigenvalue weighted by molar-refractivity contribution is 0.190. The first-order chi connectivity index (χ1) is 6.80. The molecule has 0 aromatic rings. The van der Waals surface area contributed by atoms with Crippen molar-refractivity contribution in [2.24, 2.45) is 17.3 Å². The number of piperidine rings is 1. The number of likely N-dealkylation sites (tertiary alicyclic amines) is 1. The van der Waals surface area contributed by atoms with E-state index in [1.54, 1.807) is 0 Å². The summed E-state index contributed by atoms with van der Waals surface area (Å²) in [5.41, 5.74) is 0.778. The molecule has 1 N–H and O–H groups in total. The Labute approximate surface area is 87.0 Å². The van der Waals surface area contributed by atoms with Crippen LogP contribution in [0.2, 0.25) is 0 Å². The molecule has 1 spiro atoms. The predicted molar refractivity (Wildman–Crippen MR) is 58.2 cm³/mol. The lowest BCUT2D eigenvalue weighted by atomic mass is 9.87. The van der Waals surface area contributed by atoms with Crippen molar-refractivity contribution in [2.75, 3.05) is 33.2 Å². The third-order valence-electron chi connectivity index (χ3n) is 4.86. The van der Waals surface area contributed by atoms with E-state index in [9.17, 15) is 0 Å². The Morgan fingerprint density at radius 1 is 1.29 bits per heavy atom. The van der Waals surface area contributed by atoms with E-state index in [1.807, 2.05) is 0 Å². The van der Waals surface area contributed by atoms with Gasteiger partial charge in [0.05, 0.1) is 0 Å². The van der Waals surface area contributed by atoms with Gasteiger partial charge in [-0.15, -0.1) is 0 Å². The van der Waals surface area contributed by atoms with Gasteiger partial charge in [-0.05, 0) is 69.6 Å². The van der Waals surface area contributed by atoms with Gasteiger partial charge in [-0.2, -0.15) is 0 Å².